The lowest BCUT2D eigenvalue weighted by molar-refractivity contribution is 0.0726. The minimum Gasteiger partial charge on any atom is -0.333 e. The van der Waals surface area contributed by atoms with Crippen molar-refractivity contribution in [3.8, 4) is 6.07 Å². The second kappa shape index (κ2) is 5.70. The molecule has 6 heteroatoms. The smallest absolute Gasteiger partial charge is 0.265 e. The van der Waals surface area contributed by atoms with Crippen LogP contribution in [0.25, 0.3) is 0 Å². The van der Waals surface area contributed by atoms with Gasteiger partial charge in [0.25, 0.3) is 5.91 Å². The maximum atomic E-state index is 12.6. The third kappa shape index (κ3) is 2.69. The highest BCUT2D eigenvalue weighted by Crippen LogP contribution is 2.25. The zero-order valence-electron chi connectivity index (χ0n) is 11.8. The first-order valence-corrected chi connectivity index (χ1v) is 7.84. The van der Waals surface area contributed by atoms with Crippen molar-refractivity contribution >= 4 is 17.2 Å². The Morgan fingerprint density at radius 1 is 1.62 bits per heavy atom. The third-order valence-corrected chi connectivity index (χ3v) is 4.68. The molecular weight excluding hydrogens is 284 g/mol. The Morgan fingerprint density at radius 2 is 2.48 bits per heavy atom. The highest BCUT2D eigenvalue weighted by Gasteiger charge is 2.31. The second-order valence-corrected chi connectivity index (χ2v) is 6.23. The normalized spacial score (nSPS) is 17.9. The fraction of sp³-hybridized carbons (Fsp3) is 0.400. The van der Waals surface area contributed by atoms with Crippen LogP contribution in [0.4, 0.5) is 0 Å². The van der Waals surface area contributed by atoms with Gasteiger partial charge in [-0.1, -0.05) is 0 Å². The average Bonchev–Trinajstić information content (AvgIpc) is 3.19. The number of rotatable bonds is 3. The molecule has 3 rings (SSSR count). The molecule has 0 spiro atoms. The van der Waals surface area contributed by atoms with E-state index in [1.807, 2.05) is 28.9 Å². The largest absolute Gasteiger partial charge is 0.333 e. The summed E-state index contributed by atoms with van der Waals surface area (Å²) in [6.07, 6.45) is 5.81. The van der Waals surface area contributed by atoms with Gasteiger partial charge in [0.2, 0.25) is 0 Å². The lowest BCUT2D eigenvalue weighted by Gasteiger charge is -2.24. The van der Waals surface area contributed by atoms with Crippen LogP contribution in [-0.4, -0.2) is 33.2 Å². The van der Waals surface area contributed by atoms with Crippen molar-refractivity contribution in [2.24, 2.45) is 0 Å². The molecule has 1 amide bonds. The summed E-state index contributed by atoms with van der Waals surface area (Å²) in [5.41, 5.74) is 1.60. The predicted octanol–water partition coefficient (Wildman–Crippen LogP) is 2.43. The van der Waals surface area contributed by atoms with Crippen molar-refractivity contribution in [1.82, 2.24) is 14.7 Å². The van der Waals surface area contributed by atoms with Gasteiger partial charge in [-0.3, -0.25) is 9.48 Å². The van der Waals surface area contributed by atoms with Crippen LogP contribution in [0.1, 0.15) is 33.6 Å². The van der Waals surface area contributed by atoms with Crippen LogP contribution in [0.15, 0.2) is 23.8 Å². The van der Waals surface area contributed by atoms with Gasteiger partial charge in [-0.05, 0) is 36.8 Å². The van der Waals surface area contributed by atoms with Crippen molar-refractivity contribution in [2.45, 2.75) is 32.4 Å². The van der Waals surface area contributed by atoms with Gasteiger partial charge >= 0.3 is 0 Å². The molecule has 0 aliphatic carbocycles. The summed E-state index contributed by atoms with van der Waals surface area (Å²) >= 11 is 1.35. The van der Waals surface area contributed by atoms with E-state index < -0.39 is 0 Å². The Morgan fingerprint density at radius 3 is 3.19 bits per heavy atom. The van der Waals surface area contributed by atoms with E-state index in [0.29, 0.717) is 17.0 Å². The number of carbonyl (C=O) groups excluding carboxylic acids is 1. The maximum absolute atomic E-state index is 12.6. The molecule has 21 heavy (non-hydrogen) atoms. The van der Waals surface area contributed by atoms with Crippen LogP contribution >= 0.6 is 11.3 Å². The molecule has 1 aliphatic heterocycles. The number of nitriles is 1. The van der Waals surface area contributed by atoms with E-state index in [1.54, 1.807) is 11.4 Å². The number of amides is 1. The number of hydrogen-bond acceptors (Lipinski definition) is 4. The maximum Gasteiger partial charge on any atom is 0.265 e. The van der Waals surface area contributed by atoms with Crippen LogP contribution < -0.4 is 0 Å². The first-order chi connectivity index (χ1) is 10.2. The second-order valence-electron chi connectivity index (χ2n) is 5.31. The van der Waals surface area contributed by atoms with Gasteiger partial charge in [-0.15, -0.1) is 11.3 Å². The molecule has 2 aromatic heterocycles. The van der Waals surface area contributed by atoms with Crippen molar-refractivity contribution in [3.05, 3.63) is 39.8 Å². The Labute approximate surface area is 127 Å². The Balaban J connectivity index is 1.78. The number of hydrogen-bond donors (Lipinski definition) is 0. The Bertz CT molecular complexity index is 697. The van der Waals surface area contributed by atoms with Gasteiger partial charge in [0, 0.05) is 12.7 Å². The predicted molar refractivity (Wildman–Crippen MR) is 80.1 cm³/mol. The Kier molecular flexibility index (Phi) is 3.76. The molecule has 108 valence electrons. The zero-order valence-corrected chi connectivity index (χ0v) is 12.6. The van der Waals surface area contributed by atoms with E-state index in [9.17, 15) is 4.79 Å². The van der Waals surface area contributed by atoms with Crippen molar-refractivity contribution in [3.63, 3.8) is 0 Å². The fourth-order valence-corrected chi connectivity index (χ4v) is 3.57. The molecule has 0 radical (unpaired) electrons. The number of carbonyl (C=O) groups is 1. The standard InChI is InChI=1S/C15H16N4OS/c1-11-8-17-18(9-11)10-13-3-2-5-19(13)15(20)14-12(7-16)4-6-21-14/h4,6,8-9,13H,2-3,5,10H2,1H3/t13-/m1/s1. The molecule has 0 unspecified atom stereocenters. The van der Waals surface area contributed by atoms with E-state index in [4.69, 9.17) is 5.26 Å². The highest BCUT2D eigenvalue weighted by atomic mass is 32.1. The van der Waals surface area contributed by atoms with E-state index in [1.165, 1.54) is 11.3 Å². The SMILES string of the molecule is Cc1cnn(C[C@H]2CCCN2C(=O)c2sccc2C#N)c1. The number of thiophene rings is 1. The van der Waals surface area contributed by atoms with E-state index >= 15 is 0 Å². The topological polar surface area (TPSA) is 61.9 Å². The number of aryl methyl sites for hydroxylation is 1. The van der Waals surface area contributed by atoms with E-state index in [2.05, 4.69) is 11.2 Å². The van der Waals surface area contributed by atoms with Crippen LogP contribution in [0.3, 0.4) is 0 Å². The molecule has 3 heterocycles. The first-order valence-electron chi connectivity index (χ1n) is 6.96. The van der Waals surface area contributed by atoms with Crippen molar-refractivity contribution in [2.75, 3.05) is 6.54 Å². The molecule has 5 nitrogen and oxygen atoms in total. The number of aromatic nitrogens is 2. The molecule has 0 aromatic carbocycles. The fourth-order valence-electron chi connectivity index (χ4n) is 2.77. The van der Waals surface area contributed by atoms with E-state index in [0.717, 1.165) is 24.9 Å². The van der Waals surface area contributed by atoms with Gasteiger partial charge in [0.05, 0.1) is 24.3 Å². The molecule has 0 bridgehead atoms. The summed E-state index contributed by atoms with van der Waals surface area (Å²) in [4.78, 5) is 15.1. The minimum atomic E-state index is -0.0204. The quantitative estimate of drug-likeness (QED) is 0.874. The molecule has 1 fully saturated rings. The summed E-state index contributed by atoms with van der Waals surface area (Å²) in [7, 11) is 0. The molecule has 1 saturated heterocycles. The Hall–Kier alpha value is -2.13. The van der Waals surface area contributed by atoms with Gasteiger partial charge in [0.1, 0.15) is 10.9 Å². The average molecular weight is 300 g/mol. The summed E-state index contributed by atoms with van der Waals surface area (Å²) in [6.45, 7) is 3.48. The molecule has 1 aliphatic rings. The highest BCUT2D eigenvalue weighted by molar-refractivity contribution is 7.12. The lowest BCUT2D eigenvalue weighted by Crippen LogP contribution is -2.38. The monoisotopic (exact) mass is 300 g/mol. The summed E-state index contributed by atoms with van der Waals surface area (Å²) in [6, 6.07) is 3.96. The molecular formula is C15H16N4OS. The van der Waals surface area contributed by atoms with Crippen molar-refractivity contribution in [1.29, 1.82) is 5.26 Å². The van der Waals surface area contributed by atoms with Crippen LogP contribution in [-0.2, 0) is 6.54 Å². The summed E-state index contributed by atoms with van der Waals surface area (Å²) in [5, 5.41) is 15.2. The molecule has 0 saturated carbocycles. The van der Waals surface area contributed by atoms with Crippen molar-refractivity contribution < 1.29 is 4.79 Å². The minimum absolute atomic E-state index is 0.0204. The lowest BCUT2D eigenvalue weighted by atomic mass is 10.2. The first kappa shape index (κ1) is 13.8. The third-order valence-electron chi connectivity index (χ3n) is 3.78. The van der Waals surface area contributed by atoms with Gasteiger partial charge < -0.3 is 4.90 Å². The summed E-state index contributed by atoms with van der Waals surface area (Å²) in [5.74, 6) is -0.0204. The number of nitrogens with zero attached hydrogens (tertiary/aromatic N) is 4. The van der Waals surface area contributed by atoms with Gasteiger partial charge in [0.15, 0.2) is 0 Å². The van der Waals surface area contributed by atoms with Crippen LogP contribution in [0.2, 0.25) is 0 Å². The van der Waals surface area contributed by atoms with Gasteiger partial charge in [-0.2, -0.15) is 10.4 Å². The van der Waals surface area contributed by atoms with Crippen LogP contribution in [0, 0.1) is 18.3 Å². The summed E-state index contributed by atoms with van der Waals surface area (Å²) < 4.78 is 1.89. The van der Waals surface area contributed by atoms with Gasteiger partial charge in [-0.25, -0.2) is 0 Å². The molecule has 1 atom stereocenters. The van der Waals surface area contributed by atoms with E-state index in [-0.39, 0.29) is 11.9 Å². The number of likely N-dealkylation sites (tertiary alicyclic amines) is 1. The zero-order chi connectivity index (χ0) is 14.8. The van der Waals surface area contributed by atoms with Crippen LogP contribution in [0.5, 0.6) is 0 Å². The molecule has 0 N–H and O–H groups in total. The molecule has 2 aromatic rings.